The van der Waals surface area contributed by atoms with E-state index in [-0.39, 0.29) is 5.91 Å². The zero-order valence-corrected chi connectivity index (χ0v) is 16.4. The highest BCUT2D eigenvalue weighted by Gasteiger charge is 2.23. The van der Waals surface area contributed by atoms with E-state index in [9.17, 15) is 4.79 Å². The minimum absolute atomic E-state index is 0.0731. The zero-order chi connectivity index (χ0) is 17.8. The van der Waals surface area contributed by atoms with Crippen molar-refractivity contribution in [3.05, 3.63) is 58.1 Å². The predicted octanol–water partition coefficient (Wildman–Crippen LogP) is 2.41. The number of carbonyl (C=O) groups is 1. The molecule has 1 amide bonds. The third-order valence-electron chi connectivity index (χ3n) is 4.74. The molecule has 0 atom stereocenters. The number of nitrogens with one attached hydrogen (secondary N) is 2. The first-order valence-corrected chi connectivity index (χ1v) is 9.52. The molecule has 3 rings (SSSR count). The van der Waals surface area contributed by atoms with Crippen LogP contribution in [0.4, 0.5) is 11.4 Å². The molecule has 0 radical (unpaired) electrons. The van der Waals surface area contributed by atoms with Gasteiger partial charge in [0.2, 0.25) is 0 Å². The second kappa shape index (κ2) is 8.02. The standard InChI is InChI=1S/C20H24BrN3O/c1-15-7-8-18(17(21)13-15)22-20(25)14-23-9-11-24(12-10-23)19-6-4-3-5-16(19)2/h3-8,13H,9-12,14H2,1-2H3,(H,22,25)/p+1. The molecule has 4 nitrogen and oxygen atoms in total. The average Bonchev–Trinajstić information content (AvgIpc) is 2.59. The summed E-state index contributed by atoms with van der Waals surface area (Å²) >= 11 is 3.51. The van der Waals surface area contributed by atoms with Gasteiger partial charge in [0.25, 0.3) is 5.91 Å². The maximum atomic E-state index is 12.4. The molecule has 1 fully saturated rings. The summed E-state index contributed by atoms with van der Waals surface area (Å²) in [6.45, 7) is 8.65. The highest BCUT2D eigenvalue weighted by molar-refractivity contribution is 9.10. The van der Waals surface area contributed by atoms with Crippen LogP contribution in [0.15, 0.2) is 46.9 Å². The molecule has 0 saturated carbocycles. The van der Waals surface area contributed by atoms with E-state index in [0.717, 1.165) is 36.3 Å². The largest absolute Gasteiger partial charge is 0.360 e. The molecule has 1 aliphatic rings. The predicted molar refractivity (Wildman–Crippen MR) is 106 cm³/mol. The third-order valence-corrected chi connectivity index (χ3v) is 5.39. The van der Waals surface area contributed by atoms with E-state index in [1.54, 1.807) is 0 Å². The molecule has 0 aromatic heterocycles. The molecule has 0 unspecified atom stereocenters. The number of rotatable bonds is 4. The number of para-hydroxylation sites is 1. The van der Waals surface area contributed by atoms with Gasteiger partial charge in [0, 0.05) is 10.2 Å². The molecule has 0 aliphatic carbocycles. The first-order chi connectivity index (χ1) is 12.0. The fraction of sp³-hybridized carbons (Fsp3) is 0.350. The van der Waals surface area contributed by atoms with Crippen molar-refractivity contribution in [2.45, 2.75) is 13.8 Å². The van der Waals surface area contributed by atoms with Gasteiger partial charge in [0.15, 0.2) is 6.54 Å². The van der Waals surface area contributed by atoms with Crippen molar-refractivity contribution < 1.29 is 9.69 Å². The smallest absolute Gasteiger partial charge is 0.279 e. The van der Waals surface area contributed by atoms with Crippen LogP contribution in [0.5, 0.6) is 0 Å². The number of quaternary nitrogens is 1. The first-order valence-electron chi connectivity index (χ1n) is 8.73. The fourth-order valence-corrected chi connectivity index (χ4v) is 3.89. The number of piperazine rings is 1. The SMILES string of the molecule is Cc1ccc(NC(=O)C[NH+]2CCN(c3ccccc3C)CC2)c(Br)c1. The summed E-state index contributed by atoms with van der Waals surface area (Å²) in [6, 6.07) is 14.5. The van der Waals surface area contributed by atoms with Gasteiger partial charge in [-0.25, -0.2) is 0 Å². The number of carbonyl (C=O) groups excluding carboxylic acids is 1. The number of benzene rings is 2. The highest BCUT2D eigenvalue weighted by atomic mass is 79.9. The Morgan fingerprint density at radius 1 is 1.16 bits per heavy atom. The lowest BCUT2D eigenvalue weighted by molar-refractivity contribution is -0.892. The summed E-state index contributed by atoms with van der Waals surface area (Å²) < 4.78 is 0.931. The lowest BCUT2D eigenvalue weighted by atomic mass is 10.1. The molecule has 2 aromatic rings. The van der Waals surface area contributed by atoms with E-state index in [1.165, 1.54) is 21.7 Å². The van der Waals surface area contributed by atoms with Crippen molar-refractivity contribution in [3.63, 3.8) is 0 Å². The molecule has 0 spiro atoms. The Bertz CT molecular complexity index is 754. The fourth-order valence-electron chi connectivity index (χ4n) is 3.30. The minimum atomic E-state index is 0.0731. The van der Waals surface area contributed by atoms with Crippen LogP contribution in [0.1, 0.15) is 11.1 Å². The molecule has 5 heteroatoms. The van der Waals surface area contributed by atoms with Gasteiger partial charge in [-0.2, -0.15) is 0 Å². The van der Waals surface area contributed by atoms with E-state index < -0.39 is 0 Å². The van der Waals surface area contributed by atoms with Crippen LogP contribution >= 0.6 is 15.9 Å². The van der Waals surface area contributed by atoms with Crippen LogP contribution in [-0.4, -0.2) is 38.6 Å². The van der Waals surface area contributed by atoms with Gasteiger partial charge in [-0.3, -0.25) is 4.79 Å². The molecule has 2 aromatic carbocycles. The van der Waals surface area contributed by atoms with Gasteiger partial charge in [-0.1, -0.05) is 24.3 Å². The number of anilines is 2. The molecule has 1 aliphatic heterocycles. The maximum absolute atomic E-state index is 12.4. The summed E-state index contributed by atoms with van der Waals surface area (Å²) in [5, 5.41) is 3.02. The van der Waals surface area contributed by atoms with Gasteiger partial charge in [-0.15, -0.1) is 0 Å². The lowest BCUT2D eigenvalue weighted by Crippen LogP contribution is -3.15. The number of nitrogens with zero attached hydrogens (tertiary/aromatic N) is 1. The molecule has 1 heterocycles. The van der Waals surface area contributed by atoms with E-state index in [4.69, 9.17) is 0 Å². The van der Waals surface area contributed by atoms with Crippen LogP contribution in [0.25, 0.3) is 0 Å². The van der Waals surface area contributed by atoms with Crippen molar-refractivity contribution in [3.8, 4) is 0 Å². The van der Waals surface area contributed by atoms with Gasteiger partial charge in [0.05, 0.1) is 31.9 Å². The number of halogens is 1. The zero-order valence-electron chi connectivity index (χ0n) is 14.8. The monoisotopic (exact) mass is 402 g/mol. The van der Waals surface area contributed by atoms with Crippen LogP contribution in [-0.2, 0) is 4.79 Å². The number of aryl methyl sites for hydroxylation is 2. The molecular weight excluding hydrogens is 378 g/mol. The Balaban J connectivity index is 1.52. The quantitative estimate of drug-likeness (QED) is 0.823. The van der Waals surface area contributed by atoms with Crippen LogP contribution in [0, 0.1) is 13.8 Å². The third kappa shape index (κ3) is 4.61. The normalized spacial score (nSPS) is 15.2. The van der Waals surface area contributed by atoms with Crippen LogP contribution in [0.2, 0.25) is 0 Å². The summed E-state index contributed by atoms with van der Waals surface area (Å²) in [6.07, 6.45) is 0. The summed E-state index contributed by atoms with van der Waals surface area (Å²) in [5.41, 5.74) is 4.64. The molecule has 132 valence electrons. The number of hydrogen-bond acceptors (Lipinski definition) is 2. The van der Waals surface area contributed by atoms with E-state index in [2.05, 4.69) is 57.3 Å². The Morgan fingerprint density at radius 3 is 2.56 bits per heavy atom. The molecular formula is C20H25BrN3O+. The summed E-state index contributed by atoms with van der Waals surface area (Å²) in [4.78, 5) is 16.1. The topological polar surface area (TPSA) is 36.8 Å². The first kappa shape index (κ1) is 18.0. The molecule has 25 heavy (non-hydrogen) atoms. The second-order valence-electron chi connectivity index (χ2n) is 6.73. The number of amides is 1. The Hall–Kier alpha value is -1.85. The van der Waals surface area contributed by atoms with Crippen molar-refractivity contribution in [1.29, 1.82) is 0 Å². The second-order valence-corrected chi connectivity index (χ2v) is 7.59. The maximum Gasteiger partial charge on any atom is 0.279 e. The van der Waals surface area contributed by atoms with Crippen molar-refractivity contribution >= 4 is 33.2 Å². The highest BCUT2D eigenvalue weighted by Crippen LogP contribution is 2.23. The average molecular weight is 403 g/mol. The van der Waals surface area contributed by atoms with Crippen LogP contribution in [0.3, 0.4) is 0 Å². The lowest BCUT2D eigenvalue weighted by Gasteiger charge is -2.34. The van der Waals surface area contributed by atoms with Crippen LogP contribution < -0.4 is 15.1 Å². The Labute approximate surface area is 158 Å². The molecule has 1 saturated heterocycles. The Kier molecular flexibility index (Phi) is 5.76. The molecule has 2 N–H and O–H groups in total. The minimum Gasteiger partial charge on any atom is -0.360 e. The van der Waals surface area contributed by atoms with Gasteiger partial charge in [-0.05, 0) is 59.1 Å². The van der Waals surface area contributed by atoms with Crippen molar-refractivity contribution in [1.82, 2.24) is 0 Å². The number of hydrogen-bond donors (Lipinski definition) is 2. The van der Waals surface area contributed by atoms with E-state index in [0.29, 0.717) is 6.54 Å². The van der Waals surface area contributed by atoms with E-state index >= 15 is 0 Å². The molecule has 0 bridgehead atoms. The van der Waals surface area contributed by atoms with E-state index in [1.807, 2.05) is 25.1 Å². The van der Waals surface area contributed by atoms with Gasteiger partial charge in [0.1, 0.15) is 0 Å². The van der Waals surface area contributed by atoms with Gasteiger partial charge < -0.3 is 15.1 Å². The summed E-state index contributed by atoms with van der Waals surface area (Å²) in [7, 11) is 0. The Morgan fingerprint density at radius 2 is 1.88 bits per heavy atom. The van der Waals surface area contributed by atoms with Gasteiger partial charge >= 0.3 is 0 Å². The van der Waals surface area contributed by atoms with Crippen molar-refractivity contribution in [2.75, 3.05) is 42.9 Å². The summed E-state index contributed by atoms with van der Waals surface area (Å²) in [5.74, 6) is 0.0731. The van der Waals surface area contributed by atoms with Crippen molar-refractivity contribution in [2.24, 2.45) is 0 Å².